The summed E-state index contributed by atoms with van der Waals surface area (Å²) in [5.41, 5.74) is 0. The second kappa shape index (κ2) is 6.62. The van der Waals surface area contributed by atoms with Gasteiger partial charge in [0.05, 0.1) is 0 Å². The van der Waals surface area contributed by atoms with Gasteiger partial charge in [-0.15, -0.1) is 33.2 Å². The molecule has 0 aromatic carbocycles. The summed E-state index contributed by atoms with van der Waals surface area (Å²) in [6, 6.07) is -2.58. The largest absolute Gasteiger partial charge is 0.347 e. The van der Waals surface area contributed by atoms with E-state index in [1.165, 1.54) is 0 Å². The summed E-state index contributed by atoms with van der Waals surface area (Å²) in [5.74, 6) is 0. The molecule has 0 atom stereocenters. The van der Waals surface area contributed by atoms with Crippen molar-refractivity contribution < 1.29 is 0 Å². The molecule has 4 heteroatoms. The van der Waals surface area contributed by atoms with Crippen LogP contribution in [-0.2, 0) is 0 Å². The SMILES string of the molecule is CCCC(CCC)(CCC)[Si](Cl)(Cl)Cl. The predicted octanol–water partition coefficient (Wildman–Crippen LogP) is 5.78. The van der Waals surface area contributed by atoms with Gasteiger partial charge in [-0.25, -0.2) is 0 Å². The molecular formula is C10H21Cl3Si. The predicted molar refractivity (Wildman–Crippen MR) is 70.7 cm³/mol. The summed E-state index contributed by atoms with van der Waals surface area (Å²) in [5, 5.41) is 0.0237. The molecule has 0 aliphatic rings. The van der Waals surface area contributed by atoms with Crippen LogP contribution in [0, 0.1) is 0 Å². The van der Waals surface area contributed by atoms with Gasteiger partial charge < -0.3 is 0 Å². The zero-order chi connectivity index (χ0) is 11.2. The molecule has 0 N–H and O–H groups in total. The van der Waals surface area contributed by atoms with Crippen LogP contribution in [0.1, 0.15) is 59.3 Å². The monoisotopic (exact) mass is 274 g/mol. The van der Waals surface area contributed by atoms with Gasteiger partial charge in [0.15, 0.2) is 0 Å². The first-order chi connectivity index (χ1) is 6.43. The molecule has 0 amide bonds. The molecular weight excluding hydrogens is 255 g/mol. The number of hydrogen-bond donors (Lipinski definition) is 0. The van der Waals surface area contributed by atoms with E-state index in [2.05, 4.69) is 20.8 Å². The van der Waals surface area contributed by atoms with Crippen molar-refractivity contribution in [3.05, 3.63) is 0 Å². The first kappa shape index (κ1) is 15.1. The third-order valence-electron chi connectivity index (χ3n) is 2.79. The Kier molecular flexibility index (Phi) is 7.14. The molecule has 0 radical (unpaired) electrons. The van der Waals surface area contributed by atoms with Gasteiger partial charge >= 0.3 is 6.00 Å². The molecule has 0 fully saturated rings. The van der Waals surface area contributed by atoms with E-state index in [4.69, 9.17) is 33.2 Å². The summed E-state index contributed by atoms with van der Waals surface area (Å²) >= 11 is 18.8. The third-order valence-corrected chi connectivity index (χ3v) is 8.35. The second-order valence-electron chi connectivity index (χ2n) is 4.03. The fourth-order valence-electron chi connectivity index (χ4n) is 2.24. The summed E-state index contributed by atoms with van der Waals surface area (Å²) in [6.45, 7) is 6.51. The molecule has 86 valence electrons. The summed E-state index contributed by atoms with van der Waals surface area (Å²) < 4.78 is 0. The van der Waals surface area contributed by atoms with Gasteiger partial charge in [0.1, 0.15) is 0 Å². The minimum atomic E-state index is -2.58. The van der Waals surface area contributed by atoms with E-state index >= 15 is 0 Å². The van der Waals surface area contributed by atoms with Crippen LogP contribution in [0.4, 0.5) is 0 Å². The zero-order valence-electron chi connectivity index (χ0n) is 9.38. The van der Waals surface area contributed by atoms with Crippen LogP contribution in [0.2, 0.25) is 5.04 Å². The summed E-state index contributed by atoms with van der Waals surface area (Å²) in [6.07, 6.45) is 6.54. The van der Waals surface area contributed by atoms with Gasteiger partial charge in [-0.1, -0.05) is 40.0 Å². The lowest BCUT2D eigenvalue weighted by Gasteiger charge is -2.38. The van der Waals surface area contributed by atoms with E-state index in [9.17, 15) is 0 Å². The van der Waals surface area contributed by atoms with E-state index in [-0.39, 0.29) is 5.04 Å². The smallest absolute Gasteiger partial charge is 0.125 e. The first-order valence-electron chi connectivity index (χ1n) is 5.50. The van der Waals surface area contributed by atoms with E-state index in [1.807, 2.05) is 0 Å². The average molecular weight is 276 g/mol. The van der Waals surface area contributed by atoms with Crippen LogP contribution in [0.5, 0.6) is 0 Å². The van der Waals surface area contributed by atoms with Crippen LogP contribution in [-0.4, -0.2) is 6.00 Å². The van der Waals surface area contributed by atoms with Crippen molar-refractivity contribution in [2.24, 2.45) is 0 Å². The Morgan fingerprint density at radius 3 is 1.21 bits per heavy atom. The minimum absolute atomic E-state index is 0.0237. The maximum absolute atomic E-state index is 6.26. The first-order valence-corrected chi connectivity index (χ1v) is 10.5. The van der Waals surface area contributed by atoms with E-state index in [0.29, 0.717) is 0 Å². The molecule has 0 aliphatic carbocycles. The average Bonchev–Trinajstić information content (AvgIpc) is 2.03. The van der Waals surface area contributed by atoms with Gasteiger partial charge in [0, 0.05) is 5.04 Å². The standard InChI is InChI=1S/C10H21Cl3Si/c1-4-7-10(8-5-2,9-6-3)14(11,12)13/h4-9H2,1-3H3. The Labute approximate surface area is 103 Å². The normalized spacial score (nSPS) is 13.3. The second-order valence-corrected chi connectivity index (χ2v) is 12.9. The van der Waals surface area contributed by atoms with Crippen LogP contribution in [0.25, 0.3) is 0 Å². The maximum Gasteiger partial charge on any atom is 0.347 e. The Balaban J connectivity index is 4.73. The highest BCUT2D eigenvalue weighted by molar-refractivity contribution is 7.65. The van der Waals surface area contributed by atoms with Crippen molar-refractivity contribution in [3.63, 3.8) is 0 Å². The Bertz CT molecular complexity index is 137. The van der Waals surface area contributed by atoms with Gasteiger partial charge in [-0.2, -0.15) is 0 Å². The van der Waals surface area contributed by atoms with Crippen molar-refractivity contribution >= 4 is 39.2 Å². The molecule has 0 aromatic rings. The third kappa shape index (κ3) is 3.92. The van der Waals surface area contributed by atoms with E-state index in [0.717, 1.165) is 38.5 Å². The van der Waals surface area contributed by atoms with Crippen molar-refractivity contribution in [2.45, 2.75) is 64.3 Å². The van der Waals surface area contributed by atoms with Crippen LogP contribution < -0.4 is 0 Å². The van der Waals surface area contributed by atoms with Crippen molar-refractivity contribution in [2.75, 3.05) is 0 Å². The fourth-order valence-corrected chi connectivity index (χ4v) is 6.39. The molecule has 14 heavy (non-hydrogen) atoms. The van der Waals surface area contributed by atoms with Crippen molar-refractivity contribution in [1.29, 1.82) is 0 Å². The van der Waals surface area contributed by atoms with E-state index < -0.39 is 6.00 Å². The molecule has 0 unspecified atom stereocenters. The van der Waals surface area contributed by atoms with Crippen LogP contribution in [0.15, 0.2) is 0 Å². The van der Waals surface area contributed by atoms with Gasteiger partial charge in [0.25, 0.3) is 0 Å². The van der Waals surface area contributed by atoms with Gasteiger partial charge in [0.2, 0.25) is 0 Å². The zero-order valence-corrected chi connectivity index (χ0v) is 12.6. The molecule has 0 aliphatic heterocycles. The molecule has 0 rings (SSSR count). The Morgan fingerprint density at radius 2 is 1.07 bits per heavy atom. The molecule has 0 aromatic heterocycles. The molecule has 0 bridgehead atoms. The van der Waals surface area contributed by atoms with Crippen molar-refractivity contribution in [3.8, 4) is 0 Å². The summed E-state index contributed by atoms with van der Waals surface area (Å²) in [4.78, 5) is 0. The minimum Gasteiger partial charge on any atom is -0.125 e. The number of rotatable bonds is 7. The van der Waals surface area contributed by atoms with Crippen LogP contribution >= 0.6 is 33.2 Å². The van der Waals surface area contributed by atoms with Crippen LogP contribution in [0.3, 0.4) is 0 Å². The Hall–Kier alpha value is 1.09. The Morgan fingerprint density at radius 1 is 0.786 bits per heavy atom. The molecule has 0 saturated carbocycles. The topological polar surface area (TPSA) is 0 Å². The highest BCUT2D eigenvalue weighted by Gasteiger charge is 2.49. The molecule has 0 heterocycles. The molecule has 0 nitrogen and oxygen atoms in total. The number of hydrogen-bond acceptors (Lipinski definition) is 0. The maximum atomic E-state index is 6.26. The summed E-state index contributed by atoms with van der Waals surface area (Å²) in [7, 11) is 0. The molecule has 0 spiro atoms. The lowest BCUT2D eigenvalue weighted by molar-refractivity contribution is 0.424. The van der Waals surface area contributed by atoms with Gasteiger partial charge in [-0.3, -0.25) is 0 Å². The number of halogens is 3. The van der Waals surface area contributed by atoms with E-state index in [1.54, 1.807) is 0 Å². The highest BCUT2D eigenvalue weighted by atomic mass is 35.8. The lowest BCUT2D eigenvalue weighted by atomic mass is 9.92. The quantitative estimate of drug-likeness (QED) is 0.408. The van der Waals surface area contributed by atoms with Gasteiger partial charge in [-0.05, 0) is 19.3 Å². The van der Waals surface area contributed by atoms with Crippen molar-refractivity contribution in [1.82, 2.24) is 0 Å². The lowest BCUT2D eigenvalue weighted by Crippen LogP contribution is -2.33. The molecule has 0 saturated heterocycles. The fraction of sp³-hybridized carbons (Fsp3) is 1.00. The highest BCUT2D eigenvalue weighted by Crippen LogP contribution is 2.56.